The molecular weight excluding hydrogens is 619 g/mol. The molecule has 0 amide bonds. The molecule has 10 rings (SSSR count). The first-order chi connectivity index (χ1) is 25.1. The first-order valence-corrected chi connectivity index (χ1v) is 17.6. The topological polar surface area (TPSA) is 21.1 Å². The second kappa shape index (κ2) is 11.3. The van der Waals surface area contributed by atoms with Crippen LogP contribution in [0.4, 0.5) is 17.1 Å². The molecule has 7 aromatic carbocycles. The van der Waals surface area contributed by atoms with Crippen molar-refractivity contribution >= 4 is 49.8 Å². The molecule has 51 heavy (non-hydrogen) atoms. The number of hydrogen-bond acceptors (Lipinski definition) is 2. The Morgan fingerprint density at radius 3 is 1.82 bits per heavy atom. The molecule has 0 radical (unpaired) electrons. The van der Waals surface area contributed by atoms with Gasteiger partial charge in [0, 0.05) is 38.5 Å². The van der Waals surface area contributed by atoms with E-state index in [1.807, 2.05) is 0 Å². The van der Waals surface area contributed by atoms with Crippen LogP contribution in [-0.2, 0) is 5.41 Å². The lowest BCUT2D eigenvalue weighted by Crippen LogP contribution is -2.30. The van der Waals surface area contributed by atoms with Crippen molar-refractivity contribution in [2.45, 2.75) is 19.3 Å². The van der Waals surface area contributed by atoms with Crippen LogP contribution >= 0.6 is 0 Å². The fraction of sp³-hybridized carbons (Fsp3) is 0.0625. The average molecular weight is 654 g/mol. The quantitative estimate of drug-likeness (QED) is 0.188. The molecule has 0 fully saturated rings. The zero-order valence-electron chi connectivity index (χ0n) is 28.6. The van der Waals surface area contributed by atoms with Crippen LogP contribution < -0.4 is 4.90 Å². The largest absolute Gasteiger partial charge is 0.310 e. The maximum absolute atomic E-state index is 5.36. The maximum atomic E-state index is 5.36. The Bertz CT molecular complexity index is 2730. The van der Waals surface area contributed by atoms with Gasteiger partial charge in [-0.1, -0.05) is 123 Å². The number of aromatic nitrogens is 2. The van der Waals surface area contributed by atoms with Crippen molar-refractivity contribution in [3.05, 3.63) is 187 Å². The van der Waals surface area contributed by atoms with Crippen LogP contribution in [0.1, 0.15) is 25.0 Å². The van der Waals surface area contributed by atoms with Crippen LogP contribution in [0.25, 0.3) is 60.8 Å². The van der Waals surface area contributed by atoms with Gasteiger partial charge in [-0.15, -0.1) is 0 Å². The monoisotopic (exact) mass is 653 g/mol. The van der Waals surface area contributed by atoms with E-state index in [0.29, 0.717) is 0 Å². The first kappa shape index (κ1) is 29.5. The number of nitrogens with zero attached hydrogens (tertiary/aromatic N) is 3. The Labute approximate surface area is 297 Å². The lowest BCUT2D eigenvalue weighted by molar-refractivity contribution is 0.632. The van der Waals surface area contributed by atoms with Crippen LogP contribution in [0.15, 0.2) is 176 Å². The third-order valence-electron chi connectivity index (χ3n) is 10.8. The summed E-state index contributed by atoms with van der Waals surface area (Å²) in [4.78, 5) is 7.78. The number of fused-ring (bicyclic) bond motifs is 6. The Balaban J connectivity index is 1.18. The smallest absolute Gasteiger partial charge is 0.0717 e. The number of pyridine rings is 1. The predicted molar refractivity (Wildman–Crippen MR) is 214 cm³/mol. The molecule has 0 aliphatic carbocycles. The standard InChI is InChI=1S/C48H35N3/c1-48(2)40-20-10-13-23-46(40)51(47-24-14-11-21-41(47)48)35-26-27-42-38(30-35)37(32-15-5-3-6-16-32)31-43(49-42)33-25-28-45-39(29-33)36-19-9-12-22-44(36)50(45)34-17-7-4-8-18-34/h3-31H,1-2H3. The normalized spacial score (nSPS) is 13.4. The maximum Gasteiger partial charge on any atom is 0.0717 e. The van der Waals surface area contributed by atoms with Gasteiger partial charge in [0.05, 0.1) is 33.6 Å². The second-order valence-corrected chi connectivity index (χ2v) is 14.0. The molecule has 0 N–H and O–H groups in total. The molecule has 0 saturated heterocycles. The third-order valence-corrected chi connectivity index (χ3v) is 10.8. The summed E-state index contributed by atoms with van der Waals surface area (Å²) < 4.78 is 2.36. The van der Waals surface area contributed by atoms with Crippen molar-refractivity contribution in [2.75, 3.05) is 4.90 Å². The van der Waals surface area contributed by atoms with Crippen molar-refractivity contribution in [3.63, 3.8) is 0 Å². The number of benzene rings is 7. The van der Waals surface area contributed by atoms with E-state index in [9.17, 15) is 0 Å². The third kappa shape index (κ3) is 4.55. The lowest BCUT2D eigenvalue weighted by atomic mass is 9.73. The van der Waals surface area contributed by atoms with Crippen LogP contribution in [0.2, 0.25) is 0 Å². The summed E-state index contributed by atoms with van der Waals surface area (Å²) in [6.45, 7) is 4.66. The minimum atomic E-state index is -0.110. The van der Waals surface area contributed by atoms with E-state index < -0.39 is 0 Å². The molecule has 1 aliphatic heterocycles. The summed E-state index contributed by atoms with van der Waals surface area (Å²) in [5.74, 6) is 0. The summed E-state index contributed by atoms with van der Waals surface area (Å²) in [5.41, 5.74) is 15.0. The number of para-hydroxylation sites is 4. The Morgan fingerprint density at radius 1 is 0.451 bits per heavy atom. The zero-order valence-corrected chi connectivity index (χ0v) is 28.6. The summed E-state index contributed by atoms with van der Waals surface area (Å²) in [5, 5.41) is 3.58. The van der Waals surface area contributed by atoms with Gasteiger partial charge >= 0.3 is 0 Å². The van der Waals surface area contributed by atoms with Crippen molar-refractivity contribution in [1.82, 2.24) is 9.55 Å². The summed E-state index contributed by atoms with van der Waals surface area (Å²) in [6.07, 6.45) is 0. The van der Waals surface area contributed by atoms with Gasteiger partial charge in [0.15, 0.2) is 0 Å². The van der Waals surface area contributed by atoms with Crippen molar-refractivity contribution in [2.24, 2.45) is 0 Å². The number of rotatable bonds is 4. The van der Waals surface area contributed by atoms with Crippen molar-refractivity contribution in [3.8, 4) is 28.1 Å². The van der Waals surface area contributed by atoms with Crippen molar-refractivity contribution in [1.29, 1.82) is 0 Å². The van der Waals surface area contributed by atoms with Gasteiger partial charge in [0.2, 0.25) is 0 Å². The Hall–Kier alpha value is -6.45. The van der Waals surface area contributed by atoms with Gasteiger partial charge in [0.25, 0.3) is 0 Å². The molecule has 0 atom stereocenters. The van der Waals surface area contributed by atoms with E-state index in [1.165, 1.54) is 55.4 Å². The highest BCUT2D eigenvalue weighted by molar-refractivity contribution is 6.10. The van der Waals surface area contributed by atoms with Gasteiger partial charge in [-0.3, -0.25) is 0 Å². The molecule has 3 heterocycles. The van der Waals surface area contributed by atoms with Crippen LogP contribution in [0, 0.1) is 0 Å². The molecular formula is C48H35N3. The number of anilines is 3. The van der Waals surface area contributed by atoms with E-state index in [4.69, 9.17) is 4.98 Å². The molecule has 9 aromatic rings. The van der Waals surface area contributed by atoms with E-state index in [0.717, 1.165) is 33.5 Å². The van der Waals surface area contributed by atoms with Gasteiger partial charge in [0.1, 0.15) is 0 Å². The van der Waals surface area contributed by atoms with Gasteiger partial charge < -0.3 is 9.47 Å². The molecule has 0 bridgehead atoms. The summed E-state index contributed by atoms with van der Waals surface area (Å²) in [6, 6.07) is 63.5. The Kier molecular flexibility index (Phi) is 6.53. The molecule has 1 aliphatic rings. The van der Waals surface area contributed by atoms with Crippen molar-refractivity contribution < 1.29 is 0 Å². The van der Waals surface area contributed by atoms with E-state index in [-0.39, 0.29) is 5.41 Å². The fourth-order valence-electron chi connectivity index (χ4n) is 8.29. The predicted octanol–water partition coefficient (Wildman–Crippen LogP) is 12.8. The molecule has 0 unspecified atom stereocenters. The SMILES string of the molecule is CC1(C)c2ccccc2N(c2ccc3nc(-c4ccc5c(c4)c4ccccc4n5-c4ccccc4)cc(-c4ccccc4)c3c2)c2ccccc21. The molecule has 3 heteroatoms. The highest BCUT2D eigenvalue weighted by atomic mass is 15.2. The average Bonchev–Trinajstić information content (AvgIpc) is 3.52. The molecule has 242 valence electrons. The number of hydrogen-bond donors (Lipinski definition) is 0. The molecule has 2 aromatic heterocycles. The Morgan fingerprint density at radius 2 is 1.08 bits per heavy atom. The van der Waals surface area contributed by atoms with Crippen LogP contribution in [0.5, 0.6) is 0 Å². The molecule has 0 saturated carbocycles. The minimum Gasteiger partial charge on any atom is -0.310 e. The van der Waals surface area contributed by atoms with Crippen LogP contribution in [-0.4, -0.2) is 9.55 Å². The van der Waals surface area contributed by atoms with E-state index in [1.54, 1.807) is 0 Å². The zero-order chi connectivity index (χ0) is 34.1. The summed E-state index contributed by atoms with van der Waals surface area (Å²) >= 11 is 0. The van der Waals surface area contributed by atoms with Gasteiger partial charge in [-0.05, 0) is 89.0 Å². The lowest BCUT2D eigenvalue weighted by Gasteiger charge is -2.42. The highest BCUT2D eigenvalue weighted by Crippen LogP contribution is 2.52. The summed E-state index contributed by atoms with van der Waals surface area (Å²) in [7, 11) is 0. The van der Waals surface area contributed by atoms with Gasteiger partial charge in [-0.2, -0.15) is 0 Å². The fourth-order valence-corrected chi connectivity index (χ4v) is 8.29. The first-order valence-electron chi connectivity index (χ1n) is 17.6. The van der Waals surface area contributed by atoms with E-state index >= 15 is 0 Å². The molecule has 3 nitrogen and oxygen atoms in total. The van der Waals surface area contributed by atoms with Crippen LogP contribution in [0.3, 0.4) is 0 Å². The minimum absolute atomic E-state index is 0.110. The second-order valence-electron chi connectivity index (χ2n) is 14.0. The highest BCUT2D eigenvalue weighted by Gasteiger charge is 2.36. The molecule has 0 spiro atoms. The van der Waals surface area contributed by atoms with Gasteiger partial charge in [-0.25, -0.2) is 4.98 Å². The van der Waals surface area contributed by atoms with E-state index in [2.05, 4.69) is 199 Å².